The number of rotatable bonds is 19. The van der Waals surface area contributed by atoms with E-state index in [9.17, 15) is 21.6 Å². The first-order valence-electron chi connectivity index (χ1n) is 11.5. The SMILES string of the molecule is CC(C)C(=O)NC(CCC[N+](C)(C)CCCOS(=O)(=O)O)CC[N+](C)(C)CCCOS(=O)(=O)O. The topological polar surface area (TPSA) is 156 Å². The Hall–Kier alpha value is -0.870. The standard InChI is InChI=1S/C20H43N3O9S2/c1-18(2)20(24)21-19(11-15-23(5,6)14-9-17-32-34(28,29)30)10-7-12-22(3,4)13-8-16-31-33(25,26)27/h18-19H,7-17H2,1-6H3,(H-2,21,24,25,26,27,28,29,30)/p+2. The van der Waals surface area contributed by atoms with Crippen LogP contribution in [0.5, 0.6) is 0 Å². The van der Waals surface area contributed by atoms with Crippen molar-refractivity contribution in [3.05, 3.63) is 0 Å². The summed E-state index contributed by atoms with van der Waals surface area (Å²) in [6.45, 7) is 6.44. The van der Waals surface area contributed by atoms with E-state index in [2.05, 4.69) is 13.7 Å². The van der Waals surface area contributed by atoms with Gasteiger partial charge in [0, 0.05) is 31.2 Å². The molecule has 3 N–H and O–H groups in total. The lowest BCUT2D eigenvalue weighted by molar-refractivity contribution is -0.891. The van der Waals surface area contributed by atoms with E-state index in [1.807, 2.05) is 42.0 Å². The quantitative estimate of drug-likeness (QED) is 0.124. The Balaban J connectivity index is 4.67. The number of quaternary nitrogens is 2. The molecule has 0 rings (SSSR count). The van der Waals surface area contributed by atoms with Gasteiger partial charge in [0.1, 0.15) is 0 Å². The highest BCUT2D eigenvalue weighted by molar-refractivity contribution is 7.81. The van der Waals surface area contributed by atoms with Gasteiger partial charge in [0.25, 0.3) is 0 Å². The van der Waals surface area contributed by atoms with Crippen molar-refractivity contribution in [2.24, 2.45) is 5.92 Å². The Morgan fingerprint density at radius 2 is 1.18 bits per heavy atom. The van der Waals surface area contributed by atoms with Crippen molar-refractivity contribution >= 4 is 26.7 Å². The molecule has 34 heavy (non-hydrogen) atoms. The van der Waals surface area contributed by atoms with Crippen LogP contribution in [0.25, 0.3) is 0 Å². The maximum Gasteiger partial charge on any atom is 0.397 e. The lowest BCUT2D eigenvalue weighted by atomic mass is 10.0. The van der Waals surface area contributed by atoms with Gasteiger partial charge in [-0.3, -0.25) is 13.9 Å². The maximum absolute atomic E-state index is 12.3. The molecule has 0 aromatic heterocycles. The van der Waals surface area contributed by atoms with Crippen molar-refractivity contribution in [2.45, 2.75) is 52.0 Å². The summed E-state index contributed by atoms with van der Waals surface area (Å²) in [5.74, 6) is -0.134. The van der Waals surface area contributed by atoms with Gasteiger partial charge in [0.2, 0.25) is 5.91 Å². The van der Waals surface area contributed by atoms with Gasteiger partial charge in [-0.1, -0.05) is 13.8 Å². The summed E-state index contributed by atoms with van der Waals surface area (Å²) in [6, 6.07) is -0.00997. The van der Waals surface area contributed by atoms with Crippen molar-refractivity contribution in [1.29, 1.82) is 0 Å². The van der Waals surface area contributed by atoms with Crippen LogP contribution in [-0.4, -0.2) is 114 Å². The van der Waals surface area contributed by atoms with Crippen LogP contribution in [-0.2, 0) is 34.0 Å². The molecule has 0 fully saturated rings. The van der Waals surface area contributed by atoms with E-state index in [-0.39, 0.29) is 31.1 Å². The highest BCUT2D eigenvalue weighted by Gasteiger charge is 2.23. The Morgan fingerprint density at radius 3 is 1.59 bits per heavy atom. The van der Waals surface area contributed by atoms with Crippen LogP contribution in [0.1, 0.15) is 46.0 Å². The van der Waals surface area contributed by atoms with Crippen LogP contribution in [0.3, 0.4) is 0 Å². The summed E-state index contributed by atoms with van der Waals surface area (Å²) < 4.78 is 69.9. The third-order valence-electron chi connectivity index (χ3n) is 5.55. The van der Waals surface area contributed by atoms with Crippen LogP contribution in [0.4, 0.5) is 0 Å². The van der Waals surface area contributed by atoms with Crippen molar-refractivity contribution in [3.63, 3.8) is 0 Å². The monoisotopic (exact) mass is 535 g/mol. The molecule has 0 spiro atoms. The summed E-state index contributed by atoms with van der Waals surface area (Å²) in [5.41, 5.74) is 0. The highest BCUT2D eigenvalue weighted by Crippen LogP contribution is 2.12. The van der Waals surface area contributed by atoms with E-state index in [4.69, 9.17) is 9.11 Å². The number of carbonyl (C=O) groups excluding carboxylic acids is 1. The van der Waals surface area contributed by atoms with Crippen molar-refractivity contribution in [1.82, 2.24) is 5.32 Å². The average Bonchev–Trinajstić information content (AvgIpc) is 2.65. The first-order valence-corrected chi connectivity index (χ1v) is 14.2. The minimum Gasteiger partial charge on any atom is -0.353 e. The van der Waals surface area contributed by atoms with Crippen molar-refractivity contribution in [2.75, 3.05) is 67.6 Å². The summed E-state index contributed by atoms with van der Waals surface area (Å²) in [6.07, 6.45) is 3.33. The first kappa shape index (κ1) is 33.1. The van der Waals surface area contributed by atoms with Gasteiger partial charge in [0.15, 0.2) is 0 Å². The smallest absolute Gasteiger partial charge is 0.353 e. The van der Waals surface area contributed by atoms with E-state index in [0.717, 1.165) is 32.4 Å². The van der Waals surface area contributed by atoms with Gasteiger partial charge in [-0.25, -0.2) is 8.37 Å². The van der Waals surface area contributed by atoms with Gasteiger partial charge in [-0.15, -0.1) is 0 Å². The third-order valence-corrected chi connectivity index (χ3v) is 6.48. The molecular formula is C20H45N3O9S2+2. The maximum atomic E-state index is 12.3. The molecule has 204 valence electrons. The Morgan fingerprint density at radius 1 is 0.765 bits per heavy atom. The second kappa shape index (κ2) is 14.6. The van der Waals surface area contributed by atoms with Crippen LogP contribution in [0.2, 0.25) is 0 Å². The highest BCUT2D eigenvalue weighted by atomic mass is 32.3. The number of hydrogen-bond donors (Lipinski definition) is 3. The van der Waals surface area contributed by atoms with Crippen LogP contribution < -0.4 is 5.32 Å². The van der Waals surface area contributed by atoms with E-state index in [1.165, 1.54) is 0 Å². The minimum atomic E-state index is -4.43. The van der Waals surface area contributed by atoms with Crippen molar-refractivity contribution < 1.29 is 48.1 Å². The number of carbonyl (C=O) groups is 1. The lowest BCUT2D eigenvalue weighted by Gasteiger charge is -2.33. The molecule has 14 heteroatoms. The van der Waals surface area contributed by atoms with E-state index in [1.54, 1.807) is 0 Å². The zero-order chi connectivity index (χ0) is 26.6. The van der Waals surface area contributed by atoms with Gasteiger partial charge >= 0.3 is 20.8 Å². The largest absolute Gasteiger partial charge is 0.397 e. The van der Waals surface area contributed by atoms with E-state index >= 15 is 0 Å². The fraction of sp³-hybridized carbons (Fsp3) is 0.950. The van der Waals surface area contributed by atoms with Crippen LogP contribution >= 0.6 is 0 Å². The molecule has 0 heterocycles. The third kappa shape index (κ3) is 19.4. The summed E-state index contributed by atoms with van der Waals surface area (Å²) in [4.78, 5) is 12.3. The molecule has 0 radical (unpaired) electrons. The number of nitrogens with one attached hydrogen (secondary N) is 1. The molecule has 1 unspecified atom stereocenters. The zero-order valence-electron chi connectivity index (χ0n) is 21.4. The summed E-state index contributed by atoms with van der Waals surface area (Å²) >= 11 is 0. The van der Waals surface area contributed by atoms with Gasteiger partial charge < -0.3 is 14.3 Å². The minimum absolute atomic E-state index is 0.00651. The predicted molar refractivity (Wildman–Crippen MR) is 129 cm³/mol. The number of amides is 1. The molecule has 0 aromatic rings. The van der Waals surface area contributed by atoms with Crippen LogP contribution in [0, 0.1) is 5.92 Å². The Kier molecular flexibility index (Phi) is 14.3. The molecule has 0 aliphatic rings. The Labute approximate surface area is 205 Å². The first-order chi connectivity index (χ1) is 15.3. The van der Waals surface area contributed by atoms with Gasteiger partial charge in [0.05, 0.1) is 67.6 Å². The summed E-state index contributed by atoms with van der Waals surface area (Å²) in [7, 11) is -0.744. The van der Waals surface area contributed by atoms with E-state index in [0.29, 0.717) is 34.9 Å². The van der Waals surface area contributed by atoms with E-state index < -0.39 is 20.8 Å². The lowest BCUT2D eigenvalue weighted by Crippen LogP contribution is -2.46. The molecule has 1 amide bonds. The van der Waals surface area contributed by atoms with Gasteiger partial charge in [-0.2, -0.15) is 16.8 Å². The normalized spacial score (nSPS) is 14.4. The van der Waals surface area contributed by atoms with Crippen molar-refractivity contribution in [3.8, 4) is 0 Å². The summed E-state index contributed by atoms with van der Waals surface area (Å²) in [5, 5.41) is 3.12. The predicted octanol–water partition coefficient (Wildman–Crippen LogP) is 0.869. The molecule has 12 nitrogen and oxygen atoms in total. The fourth-order valence-corrected chi connectivity index (χ4v) is 4.12. The molecule has 0 saturated carbocycles. The molecule has 1 atom stereocenters. The molecule has 0 bridgehead atoms. The second-order valence-electron chi connectivity index (χ2n) is 10.3. The average molecular weight is 536 g/mol. The molecule has 0 aliphatic heterocycles. The molecule has 0 aromatic carbocycles. The van der Waals surface area contributed by atoms with Crippen LogP contribution in [0.15, 0.2) is 0 Å². The number of nitrogens with zero attached hydrogens (tertiary/aromatic N) is 2. The number of hydrogen-bond acceptors (Lipinski definition) is 7. The Bertz CT molecular complexity index is 813. The fourth-order valence-electron chi connectivity index (χ4n) is 3.46. The second-order valence-corrected chi connectivity index (χ2v) is 12.4. The molecule has 0 aliphatic carbocycles. The molecular weight excluding hydrogens is 490 g/mol. The zero-order valence-corrected chi connectivity index (χ0v) is 23.0. The van der Waals surface area contributed by atoms with Gasteiger partial charge in [-0.05, 0) is 12.8 Å². The molecule has 0 saturated heterocycles.